The van der Waals surface area contributed by atoms with E-state index in [-0.39, 0.29) is 11.5 Å². The lowest BCUT2D eigenvalue weighted by Gasteiger charge is -2.09. The van der Waals surface area contributed by atoms with Gasteiger partial charge < -0.3 is 10.6 Å². The van der Waals surface area contributed by atoms with Crippen LogP contribution in [0.3, 0.4) is 0 Å². The summed E-state index contributed by atoms with van der Waals surface area (Å²) in [6.07, 6.45) is 1.46. The van der Waals surface area contributed by atoms with Gasteiger partial charge in [0, 0.05) is 18.4 Å². The van der Waals surface area contributed by atoms with Crippen molar-refractivity contribution in [1.29, 1.82) is 5.26 Å². The van der Waals surface area contributed by atoms with Crippen LogP contribution in [0.5, 0.6) is 0 Å². The van der Waals surface area contributed by atoms with Crippen molar-refractivity contribution < 1.29 is 4.79 Å². The summed E-state index contributed by atoms with van der Waals surface area (Å²) in [5.74, 6) is 0.00451. The molecule has 0 aliphatic carbocycles. The van der Waals surface area contributed by atoms with Gasteiger partial charge in [0.1, 0.15) is 11.6 Å². The average molecular weight is 271 g/mol. The highest BCUT2D eigenvalue weighted by atomic mass is 16.1. The highest BCUT2D eigenvalue weighted by Crippen LogP contribution is 2.16. The number of nitriles is 1. The Morgan fingerprint density at radius 3 is 2.70 bits per heavy atom. The van der Waals surface area contributed by atoms with Gasteiger partial charge in [-0.1, -0.05) is 26.0 Å². The number of rotatable bonds is 5. The van der Waals surface area contributed by atoms with E-state index in [9.17, 15) is 4.79 Å². The Kier molecular flexibility index (Phi) is 5.79. The molecule has 1 aromatic rings. The second-order valence-electron chi connectivity index (χ2n) is 5.24. The molecule has 0 radical (unpaired) electrons. The first-order valence-electron chi connectivity index (χ1n) is 6.66. The third kappa shape index (κ3) is 4.77. The monoisotopic (exact) mass is 271 g/mol. The first kappa shape index (κ1) is 15.8. The molecule has 4 nitrogen and oxygen atoms in total. The molecule has 0 fully saturated rings. The van der Waals surface area contributed by atoms with Crippen LogP contribution in [0.15, 0.2) is 30.0 Å². The summed E-state index contributed by atoms with van der Waals surface area (Å²) in [6, 6.07) is 7.91. The minimum Gasteiger partial charge on any atom is -0.360 e. The first-order chi connectivity index (χ1) is 9.43. The predicted octanol–water partition coefficient (Wildman–Crippen LogP) is 2.90. The van der Waals surface area contributed by atoms with E-state index in [4.69, 9.17) is 5.26 Å². The average Bonchev–Trinajstić information content (AvgIpc) is 2.40. The summed E-state index contributed by atoms with van der Waals surface area (Å²) >= 11 is 0. The Labute approximate surface area is 120 Å². The Morgan fingerprint density at radius 1 is 1.40 bits per heavy atom. The second kappa shape index (κ2) is 7.34. The van der Waals surface area contributed by atoms with Gasteiger partial charge in [0.25, 0.3) is 5.91 Å². The van der Waals surface area contributed by atoms with Crippen molar-refractivity contribution in [3.05, 3.63) is 41.1 Å². The van der Waals surface area contributed by atoms with E-state index in [1.807, 2.05) is 52.0 Å². The fourth-order valence-corrected chi connectivity index (χ4v) is 1.58. The predicted molar refractivity (Wildman–Crippen MR) is 81.1 cm³/mol. The van der Waals surface area contributed by atoms with Crippen molar-refractivity contribution in [2.75, 3.05) is 11.9 Å². The summed E-state index contributed by atoms with van der Waals surface area (Å²) in [6.45, 7) is 8.53. The lowest BCUT2D eigenvalue weighted by atomic mass is 10.1. The normalized spacial score (nSPS) is 11.1. The van der Waals surface area contributed by atoms with Crippen LogP contribution in [-0.4, -0.2) is 12.5 Å². The third-order valence-electron chi connectivity index (χ3n) is 2.80. The van der Waals surface area contributed by atoms with Crippen molar-refractivity contribution in [1.82, 2.24) is 5.32 Å². The van der Waals surface area contributed by atoms with E-state index in [2.05, 4.69) is 10.6 Å². The van der Waals surface area contributed by atoms with Gasteiger partial charge in [0.15, 0.2) is 0 Å². The van der Waals surface area contributed by atoms with Gasteiger partial charge in [-0.3, -0.25) is 4.79 Å². The van der Waals surface area contributed by atoms with Gasteiger partial charge in [0.2, 0.25) is 0 Å². The standard InChI is InChI=1S/C16H21N3O/c1-11(2)9-19-16(20)14(8-17)10-18-15-7-12(3)5-6-13(15)4/h5-7,10-11,18H,9H2,1-4H3,(H,19,20)/b14-10-. The molecule has 0 spiro atoms. The number of hydrogen-bond acceptors (Lipinski definition) is 3. The molecule has 0 atom stereocenters. The van der Waals surface area contributed by atoms with Crippen LogP contribution in [0.4, 0.5) is 5.69 Å². The van der Waals surface area contributed by atoms with E-state index < -0.39 is 0 Å². The molecule has 1 amide bonds. The molecule has 0 aliphatic rings. The van der Waals surface area contributed by atoms with Crippen LogP contribution in [-0.2, 0) is 4.79 Å². The lowest BCUT2D eigenvalue weighted by Crippen LogP contribution is -2.28. The highest BCUT2D eigenvalue weighted by Gasteiger charge is 2.09. The van der Waals surface area contributed by atoms with Crippen molar-refractivity contribution in [2.24, 2.45) is 5.92 Å². The van der Waals surface area contributed by atoms with Crippen LogP contribution in [0.25, 0.3) is 0 Å². The van der Waals surface area contributed by atoms with Crippen LogP contribution < -0.4 is 10.6 Å². The molecule has 1 rings (SSSR count). The second-order valence-corrected chi connectivity index (χ2v) is 5.24. The smallest absolute Gasteiger partial charge is 0.263 e. The zero-order valence-corrected chi connectivity index (χ0v) is 12.4. The number of carbonyl (C=O) groups excluding carboxylic acids is 1. The van der Waals surface area contributed by atoms with Crippen molar-refractivity contribution in [3.63, 3.8) is 0 Å². The fourth-order valence-electron chi connectivity index (χ4n) is 1.58. The van der Waals surface area contributed by atoms with Crippen molar-refractivity contribution in [2.45, 2.75) is 27.7 Å². The van der Waals surface area contributed by atoms with E-state index in [0.29, 0.717) is 12.5 Å². The maximum Gasteiger partial charge on any atom is 0.263 e. The molecule has 0 aromatic heterocycles. The lowest BCUT2D eigenvalue weighted by molar-refractivity contribution is -0.117. The summed E-state index contributed by atoms with van der Waals surface area (Å²) in [4.78, 5) is 11.8. The van der Waals surface area contributed by atoms with Gasteiger partial charge in [0.05, 0.1) is 0 Å². The zero-order chi connectivity index (χ0) is 15.1. The molecule has 0 bridgehead atoms. The van der Waals surface area contributed by atoms with Crippen molar-refractivity contribution >= 4 is 11.6 Å². The van der Waals surface area contributed by atoms with Crippen LogP contribution in [0, 0.1) is 31.1 Å². The Balaban J connectivity index is 2.78. The van der Waals surface area contributed by atoms with E-state index in [1.165, 1.54) is 6.20 Å². The molecule has 2 N–H and O–H groups in total. The van der Waals surface area contributed by atoms with Gasteiger partial charge in [-0.05, 0) is 37.0 Å². The first-order valence-corrected chi connectivity index (χ1v) is 6.66. The molecule has 0 aliphatic heterocycles. The summed E-state index contributed by atoms with van der Waals surface area (Å²) in [7, 11) is 0. The quantitative estimate of drug-likeness (QED) is 0.639. The SMILES string of the molecule is Cc1ccc(C)c(N/C=C(/C#N)C(=O)NCC(C)C)c1. The maximum atomic E-state index is 11.8. The molecule has 1 aromatic carbocycles. The Morgan fingerprint density at radius 2 is 2.10 bits per heavy atom. The molecule has 0 saturated carbocycles. The van der Waals surface area contributed by atoms with E-state index in [1.54, 1.807) is 0 Å². The summed E-state index contributed by atoms with van der Waals surface area (Å²) in [5.41, 5.74) is 3.15. The van der Waals surface area contributed by atoms with Crippen molar-refractivity contribution in [3.8, 4) is 6.07 Å². The molecule has 106 valence electrons. The largest absolute Gasteiger partial charge is 0.360 e. The molecule has 0 unspecified atom stereocenters. The van der Waals surface area contributed by atoms with Crippen LogP contribution in [0.2, 0.25) is 0 Å². The van der Waals surface area contributed by atoms with Gasteiger partial charge in [-0.25, -0.2) is 0 Å². The number of amides is 1. The van der Waals surface area contributed by atoms with Gasteiger partial charge in [-0.15, -0.1) is 0 Å². The zero-order valence-electron chi connectivity index (χ0n) is 12.4. The Bertz CT molecular complexity index is 553. The molecular weight excluding hydrogens is 250 g/mol. The third-order valence-corrected chi connectivity index (χ3v) is 2.80. The number of carbonyl (C=O) groups is 1. The van der Waals surface area contributed by atoms with E-state index in [0.717, 1.165) is 16.8 Å². The summed E-state index contributed by atoms with van der Waals surface area (Å²) in [5, 5.41) is 14.8. The summed E-state index contributed by atoms with van der Waals surface area (Å²) < 4.78 is 0. The molecule has 20 heavy (non-hydrogen) atoms. The van der Waals surface area contributed by atoms with Crippen LogP contribution >= 0.6 is 0 Å². The Hall–Kier alpha value is -2.28. The highest BCUT2D eigenvalue weighted by molar-refractivity contribution is 5.97. The van der Waals surface area contributed by atoms with E-state index >= 15 is 0 Å². The number of nitrogens with zero attached hydrogens (tertiary/aromatic N) is 1. The number of nitrogens with one attached hydrogen (secondary N) is 2. The number of anilines is 1. The fraction of sp³-hybridized carbons (Fsp3) is 0.375. The van der Waals surface area contributed by atoms with Crippen LogP contribution in [0.1, 0.15) is 25.0 Å². The number of benzene rings is 1. The molecule has 0 saturated heterocycles. The van der Waals surface area contributed by atoms with Gasteiger partial charge in [-0.2, -0.15) is 5.26 Å². The maximum absolute atomic E-state index is 11.8. The molecule has 4 heteroatoms. The number of aryl methyl sites for hydroxylation is 2. The minimum absolute atomic E-state index is 0.0755. The minimum atomic E-state index is -0.348. The molecular formula is C16H21N3O. The molecule has 0 heterocycles. The van der Waals surface area contributed by atoms with Gasteiger partial charge >= 0.3 is 0 Å². The topological polar surface area (TPSA) is 64.9 Å². The number of hydrogen-bond donors (Lipinski definition) is 2.